The minimum Gasteiger partial charge on any atom is -0.618 e. The molecule has 1 aromatic carbocycles. The number of rotatable bonds is 5. The molecule has 1 fully saturated rings. The minimum atomic E-state index is -0.420. The normalized spacial score (nSPS) is 14.3. The number of nitro groups is 1. The topological polar surface area (TPSA) is 93.6 Å². The van der Waals surface area contributed by atoms with Crippen molar-refractivity contribution in [1.82, 2.24) is 4.90 Å². The molecule has 8 nitrogen and oxygen atoms in total. The summed E-state index contributed by atoms with van der Waals surface area (Å²) in [6.07, 6.45) is 1.41. The van der Waals surface area contributed by atoms with Crippen LogP contribution in [0.4, 0.5) is 11.4 Å². The third kappa shape index (κ3) is 4.23. The second kappa shape index (κ2) is 8.05. The molecule has 0 bridgehead atoms. The molecular formula is C17H18N4O4S. The van der Waals surface area contributed by atoms with Gasteiger partial charge in [0.25, 0.3) is 10.7 Å². The maximum atomic E-state index is 12.3. The van der Waals surface area contributed by atoms with E-state index in [-0.39, 0.29) is 17.3 Å². The Kier molecular flexibility index (Phi) is 5.57. The Morgan fingerprint density at radius 2 is 1.81 bits per heavy atom. The second-order valence-electron chi connectivity index (χ2n) is 5.79. The van der Waals surface area contributed by atoms with Gasteiger partial charge in [0, 0.05) is 56.1 Å². The monoisotopic (exact) mass is 374 g/mol. The fourth-order valence-electron chi connectivity index (χ4n) is 2.75. The Morgan fingerprint density at radius 1 is 1.12 bits per heavy atom. The van der Waals surface area contributed by atoms with E-state index in [1.54, 1.807) is 35.2 Å². The van der Waals surface area contributed by atoms with Crippen LogP contribution in [0, 0.1) is 15.3 Å². The van der Waals surface area contributed by atoms with Crippen molar-refractivity contribution in [2.75, 3.05) is 36.8 Å². The van der Waals surface area contributed by atoms with E-state index in [0.29, 0.717) is 31.2 Å². The van der Waals surface area contributed by atoms with Crippen molar-refractivity contribution >= 4 is 29.0 Å². The number of hydrogen-bond donors (Lipinski definition) is 0. The highest BCUT2D eigenvalue weighted by Gasteiger charge is 2.22. The summed E-state index contributed by atoms with van der Waals surface area (Å²) in [5.74, 6) is 0.228. The maximum Gasteiger partial charge on any atom is 0.269 e. The first-order valence-corrected chi connectivity index (χ1v) is 9.11. The number of amides is 1. The number of piperazine rings is 1. The van der Waals surface area contributed by atoms with E-state index in [4.69, 9.17) is 0 Å². The first kappa shape index (κ1) is 18.0. The van der Waals surface area contributed by atoms with E-state index >= 15 is 0 Å². The number of carbonyl (C=O) groups excluding carboxylic acids is 1. The van der Waals surface area contributed by atoms with Crippen LogP contribution in [0.25, 0.3) is 0 Å². The van der Waals surface area contributed by atoms with E-state index in [2.05, 4.69) is 4.90 Å². The third-order valence-electron chi connectivity index (χ3n) is 4.19. The molecule has 2 aromatic rings. The lowest BCUT2D eigenvalue weighted by Gasteiger charge is -2.36. The summed E-state index contributed by atoms with van der Waals surface area (Å²) in [7, 11) is 0. The summed E-state index contributed by atoms with van der Waals surface area (Å²) >= 11 is 1.23. The lowest BCUT2D eigenvalue weighted by molar-refractivity contribution is -0.645. The Morgan fingerprint density at radius 3 is 2.42 bits per heavy atom. The largest absolute Gasteiger partial charge is 0.618 e. The Bertz CT molecular complexity index is 792. The Labute approximate surface area is 154 Å². The molecule has 0 atom stereocenters. The number of carbonyl (C=O) groups is 1. The number of pyridine rings is 1. The highest BCUT2D eigenvalue weighted by Crippen LogP contribution is 2.21. The second-order valence-corrected chi connectivity index (χ2v) is 6.79. The predicted molar refractivity (Wildman–Crippen MR) is 98.0 cm³/mol. The van der Waals surface area contributed by atoms with Crippen molar-refractivity contribution in [3.63, 3.8) is 0 Å². The molecule has 1 amide bonds. The number of thioether (sulfide) groups is 1. The number of aromatic nitrogens is 1. The molecule has 26 heavy (non-hydrogen) atoms. The fourth-order valence-corrected chi connectivity index (χ4v) is 3.57. The van der Waals surface area contributed by atoms with Crippen molar-refractivity contribution < 1.29 is 14.4 Å². The minimum absolute atomic E-state index is 0.00204. The van der Waals surface area contributed by atoms with Crippen LogP contribution in [0.3, 0.4) is 0 Å². The molecule has 0 radical (unpaired) electrons. The summed E-state index contributed by atoms with van der Waals surface area (Å²) in [6.45, 7) is 2.51. The van der Waals surface area contributed by atoms with Crippen molar-refractivity contribution in [3.05, 3.63) is 64.0 Å². The zero-order chi connectivity index (χ0) is 18.5. The van der Waals surface area contributed by atoms with Crippen LogP contribution in [0.5, 0.6) is 0 Å². The molecule has 1 aromatic heterocycles. The zero-order valence-electron chi connectivity index (χ0n) is 14.0. The smallest absolute Gasteiger partial charge is 0.269 e. The van der Waals surface area contributed by atoms with Gasteiger partial charge < -0.3 is 15.0 Å². The lowest BCUT2D eigenvalue weighted by Crippen LogP contribution is -2.49. The molecule has 1 aliphatic rings. The fraction of sp³-hybridized carbons (Fsp3) is 0.294. The number of nitro benzene ring substituents is 1. The number of non-ortho nitro benzene ring substituents is 1. The van der Waals surface area contributed by atoms with Crippen LogP contribution in [0.15, 0.2) is 53.7 Å². The zero-order valence-corrected chi connectivity index (χ0v) is 14.8. The van der Waals surface area contributed by atoms with Crippen LogP contribution in [0.2, 0.25) is 0 Å². The van der Waals surface area contributed by atoms with Gasteiger partial charge in [-0.3, -0.25) is 14.9 Å². The SMILES string of the molecule is O=C(CSc1cccc[n+]1[O-])N1CCN(c2ccc([N+](=O)[O-])cc2)CC1. The summed E-state index contributed by atoms with van der Waals surface area (Å²) in [6, 6.07) is 11.5. The van der Waals surface area contributed by atoms with E-state index in [1.807, 2.05) is 0 Å². The maximum absolute atomic E-state index is 12.3. The highest BCUT2D eigenvalue weighted by molar-refractivity contribution is 7.99. The van der Waals surface area contributed by atoms with E-state index in [9.17, 15) is 20.1 Å². The molecule has 3 rings (SSSR count). The molecular weight excluding hydrogens is 356 g/mol. The highest BCUT2D eigenvalue weighted by atomic mass is 32.2. The quantitative estimate of drug-likeness (QED) is 0.260. The van der Waals surface area contributed by atoms with Gasteiger partial charge in [-0.1, -0.05) is 0 Å². The van der Waals surface area contributed by atoms with Crippen LogP contribution in [0.1, 0.15) is 0 Å². The lowest BCUT2D eigenvalue weighted by atomic mass is 10.2. The number of nitrogens with zero attached hydrogens (tertiary/aromatic N) is 4. The van der Waals surface area contributed by atoms with Gasteiger partial charge in [0.2, 0.25) is 5.91 Å². The van der Waals surface area contributed by atoms with Crippen LogP contribution >= 0.6 is 11.8 Å². The molecule has 0 spiro atoms. The Hall–Kier alpha value is -2.81. The molecule has 2 heterocycles. The van der Waals surface area contributed by atoms with Crippen LogP contribution < -0.4 is 9.63 Å². The van der Waals surface area contributed by atoms with Gasteiger partial charge in [0.15, 0.2) is 6.20 Å². The van der Waals surface area contributed by atoms with Crippen molar-refractivity contribution in [1.29, 1.82) is 0 Å². The van der Waals surface area contributed by atoms with E-state index in [1.165, 1.54) is 30.1 Å². The molecule has 1 aliphatic heterocycles. The van der Waals surface area contributed by atoms with Crippen molar-refractivity contribution in [2.24, 2.45) is 0 Å². The number of anilines is 1. The van der Waals surface area contributed by atoms with Gasteiger partial charge in [-0.15, -0.1) is 0 Å². The van der Waals surface area contributed by atoms with Gasteiger partial charge >= 0.3 is 0 Å². The van der Waals surface area contributed by atoms with Gasteiger partial charge in [-0.2, -0.15) is 4.73 Å². The molecule has 0 unspecified atom stereocenters. The summed E-state index contributed by atoms with van der Waals surface area (Å²) < 4.78 is 0.754. The molecule has 9 heteroatoms. The van der Waals surface area contributed by atoms with Crippen LogP contribution in [-0.4, -0.2) is 47.7 Å². The average Bonchev–Trinajstić information content (AvgIpc) is 2.67. The van der Waals surface area contributed by atoms with Crippen molar-refractivity contribution in [3.8, 4) is 0 Å². The Balaban J connectivity index is 1.50. The molecule has 1 saturated heterocycles. The van der Waals surface area contributed by atoms with Crippen LogP contribution in [-0.2, 0) is 4.79 Å². The molecule has 0 N–H and O–H groups in total. The summed E-state index contributed by atoms with van der Waals surface area (Å²) in [5, 5.41) is 22.8. The molecule has 0 aliphatic carbocycles. The average molecular weight is 374 g/mol. The number of hydrogen-bond acceptors (Lipinski definition) is 6. The van der Waals surface area contributed by atoms with E-state index < -0.39 is 4.92 Å². The molecule has 0 saturated carbocycles. The standard InChI is InChI=1S/C17H18N4O4S/c22-16(13-26-17-3-1-2-8-20(17)23)19-11-9-18(10-12-19)14-4-6-15(7-5-14)21(24)25/h1-8H,9-13H2. The van der Waals surface area contributed by atoms with Crippen molar-refractivity contribution in [2.45, 2.75) is 5.03 Å². The summed E-state index contributed by atoms with van der Waals surface area (Å²) in [5.41, 5.74) is 0.977. The van der Waals surface area contributed by atoms with E-state index in [0.717, 1.165) is 10.4 Å². The van der Waals surface area contributed by atoms with Gasteiger partial charge in [-0.25, -0.2) is 0 Å². The first-order valence-electron chi connectivity index (χ1n) is 8.13. The summed E-state index contributed by atoms with van der Waals surface area (Å²) in [4.78, 5) is 26.5. The molecule has 136 valence electrons. The van der Waals surface area contributed by atoms with Gasteiger partial charge in [0.1, 0.15) is 0 Å². The van der Waals surface area contributed by atoms with Gasteiger partial charge in [0.05, 0.1) is 10.7 Å². The first-order chi connectivity index (χ1) is 12.5. The predicted octanol–water partition coefficient (Wildman–Crippen LogP) is 1.67. The number of benzene rings is 1. The third-order valence-corrected chi connectivity index (χ3v) is 5.19. The van der Waals surface area contributed by atoms with Gasteiger partial charge in [-0.05, 0) is 30.0 Å².